The van der Waals surface area contributed by atoms with E-state index >= 15 is 0 Å². The van der Waals surface area contributed by atoms with Crippen molar-refractivity contribution in [3.63, 3.8) is 0 Å². The number of aromatic nitrogens is 3. The van der Waals surface area contributed by atoms with Crippen molar-refractivity contribution in [2.75, 3.05) is 19.0 Å². The molecule has 1 heterocycles. The quantitative estimate of drug-likeness (QED) is 0.496. The fourth-order valence-electron chi connectivity index (χ4n) is 1.36. The molecule has 1 aromatic heterocycles. The zero-order chi connectivity index (χ0) is 13.4. The Balaban J connectivity index is 2.60. The summed E-state index contributed by atoms with van der Waals surface area (Å²) in [5.74, 6) is -0.538. The van der Waals surface area contributed by atoms with Gasteiger partial charge in [0.2, 0.25) is 0 Å². The van der Waals surface area contributed by atoms with Gasteiger partial charge in [-0.3, -0.25) is 4.79 Å². The van der Waals surface area contributed by atoms with Crippen molar-refractivity contribution >= 4 is 17.7 Å². The molecule has 102 valence electrons. The molecule has 0 saturated heterocycles. The van der Waals surface area contributed by atoms with Gasteiger partial charge in [0.1, 0.15) is 6.61 Å². The monoisotopic (exact) mass is 275 g/mol. The van der Waals surface area contributed by atoms with Crippen LogP contribution >= 0.6 is 11.8 Å². The van der Waals surface area contributed by atoms with Crippen molar-refractivity contribution in [2.24, 2.45) is 0 Å². The number of ether oxygens (including phenoxy) is 1. The standard InChI is InChI=1S/C10H17N3O4S/c1-2-17-5-3-4-13-8(6-14)11-12-10(13)18-7-9(15)16/h14H,2-7H2,1H3,(H,15,16). The highest BCUT2D eigenvalue weighted by Crippen LogP contribution is 2.17. The third kappa shape index (κ3) is 4.63. The molecule has 7 nitrogen and oxygen atoms in total. The van der Waals surface area contributed by atoms with Crippen molar-refractivity contribution in [3.8, 4) is 0 Å². The van der Waals surface area contributed by atoms with E-state index in [-0.39, 0.29) is 12.4 Å². The summed E-state index contributed by atoms with van der Waals surface area (Å²) in [5, 5.41) is 26.0. The Bertz CT molecular complexity index is 383. The van der Waals surface area contributed by atoms with Crippen LogP contribution in [0.3, 0.4) is 0 Å². The molecule has 0 bridgehead atoms. The van der Waals surface area contributed by atoms with E-state index in [9.17, 15) is 4.79 Å². The van der Waals surface area contributed by atoms with Crippen LogP contribution in [0.15, 0.2) is 5.16 Å². The van der Waals surface area contributed by atoms with Gasteiger partial charge in [-0.25, -0.2) is 0 Å². The van der Waals surface area contributed by atoms with Crippen LogP contribution in [0.5, 0.6) is 0 Å². The van der Waals surface area contributed by atoms with Gasteiger partial charge < -0.3 is 19.5 Å². The van der Waals surface area contributed by atoms with Gasteiger partial charge in [0, 0.05) is 19.8 Å². The van der Waals surface area contributed by atoms with Crippen LogP contribution in [-0.2, 0) is 22.7 Å². The maximum atomic E-state index is 10.5. The van der Waals surface area contributed by atoms with Crippen molar-refractivity contribution in [1.29, 1.82) is 0 Å². The lowest BCUT2D eigenvalue weighted by Crippen LogP contribution is -2.09. The van der Waals surface area contributed by atoms with Crippen LogP contribution in [0.25, 0.3) is 0 Å². The highest BCUT2D eigenvalue weighted by atomic mass is 32.2. The van der Waals surface area contributed by atoms with Crippen molar-refractivity contribution in [2.45, 2.75) is 31.7 Å². The first kappa shape index (κ1) is 14.9. The highest BCUT2D eigenvalue weighted by molar-refractivity contribution is 7.99. The third-order valence-electron chi connectivity index (χ3n) is 2.13. The average molecular weight is 275 g/mol. The van der Waals surface area contributed by atoms with Gasteiger partial charge in [-0.2, -0.15) is 0 Å². The van der Waals surface area contributed by atoms with E-state index in [4.69, 9.17) is 14.9 Å². The molecular weight excluding hydrogens is 258 g/mol. The van der Waals surface area contributed by atoms with Gasteiger partial charge in [0.15, 0.2) is 11.0 Å². The molecule has 0 spiro atoms. The first-order chi connectivity index (χ1) is 8.69. The molecule has 8 heteroatoms. The van der Waals surface area contributed by atoms with E-state index in [1.807, 2.05) is 6.92 Å². The smallest absolute Gasteiger partial charge is 0.313 e. The number of aliphatic hydroxyl groups is 1. The number of carbonyl (C=O) groups is 1. The Labute approximate surface area is 109 Å². The first-order valence-corrected chi connectivity index (χ1v) is 6.62. The SMILES string of the molecule is CCOCCCn1c(CO)nnc1SCC(=O)O. The second-order valence-corrected chi connectivity index (χ2v) is 4.38. The molecule has 0 atom stereocenters. The topological polar surface area (TPSA) is 97.5 Å². The Kier molecular flexibility index (Phi) is 6.69. The molecule has 0 radical (unpaired) electrons. The van der Waals surface area contributed by atoms with Gasteiger partial charge in [0.25, 0.3) is 0 Å². The van der Waals surface area contributed by atoms with E-state index in [1.165, 1.54) is 0 Å². The molecule has 0 aliphatic carbocycles. The Morgan fingerprint density at radius 2 is 2.28 bits per heavy atom. The van der Waals surface area contributed by atoms with Gasteiger partial charge in [-0.05, 0) is 13.3 Å². The van der Waals surface area contributed by atoms with E-state index in [1.54, 1.807) is 4.57 Å². The molecule has 1 aromatic rings. The van der Waals surface area contributed by atoms with Gasteiger partial charge >= 0.3 is 5.97 Å². The fourth-order valence-corrected chi connectivity index (χ4v) is 2.07. The maximum absolute atomic E-state index is 10.5. The Morgan fingerprint density at radius 1 is 1.50 bits per heavy atom. The molecule has 0 aliphatic rings. The van der Waals surface area contributed by atoms with Crippen LogP contribution in [0.1, 0.15) is 19.2 Å². The second-order valence-electron chi connectivity index (χ2n) is 3.44. The summed E-state index contributed by atoms with van der Waals surface area (Å²) < 4.78 is 6.95. The summed E-state index contributed by atoms with van der Waals surface area (Å²) in [4.78, 5) is 10.5. The van der Waals surface area contributed by atoms with Crippen LogP contribution in [-0.4, -0.2) is 49.9 Å². The lowest BCUT2D eigenvalue weighted by Gasteiger charge is -2.08. The molecule has 0 aromatic carbocycles. The Hall–Kier alpha value is -1.12. The summed E-state index contributed by atoms with van der Waals surface area (Å²) in [6.07, 6.45) is 0.763. The van der Waals surface area contributed by atoms with E-state index in [0.717, 1.165) is 18.2 Å². The molecule has 1 rings (SSSR count). The van der Waals surface area contributed by atoms with Crippen molar-refractivity contribution in [3.05, 3.63) is 5.82 Å². The van der Waals surface area contributed by atoms with Crippen LogP contribution in [0, 0.1) is 0 Å². The van der Waals surface area contributed by atoms with Crippen LogP contribution < -0.4 is 0 Å². The predicted octanol–water partition coefficient (Wildman–Crippen LogP) is 0.374. The minimum Gasteiger partial charge on any atom is -0.481 e. The summed E-state index contributed by atoms with van der Waals surface area (Å²) in [5.41, 5.74) is 0. The number of hydrogen-bond donors (Lipinski definition) is 2. The molecule has 0 saturated carbocycles. The zero-order valence-corrected chi connectivity index (χ0v) is 11.0. The first-order valence-electron chi connectivity index (χ1n) is 5.64. The van der Waals surface area contributed by atoms with Crippen molar-refractivity contribution in [1.82, 2.24) is 14.8 Å². The van der Waals surface area contributed by atoms with Crippen LogP contribution in [0.4, 0.5) is 0 Å². The fraction of sp³-hybridized carbons (Fsp3) is 0.700. The summed E-state index contributed by atoms with van der Waals surface area (Å²) in [6, 6.07) is 0. The lowest BCUT2D eigenvalue weighted by molar-refractivity contribution is -0.133. The summed E-state index contributed by atoms with van der Waals surface area (Å²) >= 11 is 1.09. The number of hydrogen-bond acceptors (Lipinski definition) is 6. The molecule has 2 N–H and O–H groups in total. The minimum atomic E-state index is -0.908. The molecule has 0 unspecified atom stereocenters. The zero-order valence-electron chi connectivity index (χ0n) is 10.2. The summed E-state index contributed by atoms with van der Waals surface area (Å²) in [7, 11) is 0. The molecule has 18 heavy (non-hydrogen) atoms. The second kappa shape index (κ2) is 8.06. The molecule has 0 aliphatic heterocycles. The van der Waals surface area contributed by atoms with E-state index < -0.39 is 5.97 Å². The van der Waals surface area contributed by atoms with Gasteiger partial charge in [-0.15, -0.1) is 10.2 Å². The molecule has 0 fully saturated rings. The number of nitrogens with zero attached hydrogens (tertiary/aromatic N) is 3. The number of carboxylic acids is 1. The third-order valence-corrected chi connectivity index (χ3v) is 3.09. The maximum Gasteiger partial charge on any atom is 0.313 e. The number of rotatable bonds is 9. The van der Waals surface area contributed by atoms with Gasteiger partial charge in [0.05, 0.1) is 5.75 Å². The largest absolute Gasteiger partial charge is 0.481 e. The van der Waals surface area contributed by atoms with E-state index in [2.05, 4.69) is 10.2 Å². The number of aliphatic hydroxyl groups excluding tert-OH is 1. The number of aliphatic carboxylic acids is 1. The van der Waals surface area contributed by atoms with Gasteiger partial charge in [-0.1, -0.05) is 11.8 Å². The molecular formula is C10H17N3O4S. The normalized spacial score (nSPS) is 10.8. The van der Waals surface area contributed by atoms with E-state index in [0.29, 0.717) is 30.7 Å². The number of carboxylic acid groups (broad SMARTS) is 1. The molecule has 0 amide bonds. The minimum absolute atomic E-state index is 0.0744. The highest BCUT2D eigenvalue weighted by Gasteiger charge is 2.12. The van der Waals surface area contributed by atoms with Crippen LogP contribution in [0.2, 0.25) is 0 Å². The van der Waals surface area contributed by atoms with Crippen molar-refractivity contribution < 1.29 is 19.7 Å². The summed E-state index contributed by atoms with van der Waals surface area (Å²) in [6.45, 7) is 3.59. The lowest BCUT2D eigenvalue weighted by atomic mass is 10.4. The average Bonchev–Trinajstić information content (AvgIpc) is 2.74. The predicted molar refractivity (Wildman–Crippen MR) is 65.4 cm³/mol. The Morgan fingerprint density at radius 3 is 2.89 bits per heavy atom. The number of thioether (sulfide) groups is 1.